The zero-order chi connectivity index (χ0) is 18.5. The molecule has 0 unspecified atom stereocenters. The van der Waals surface area contributed by atoms with Gasteiger partial charge >= 0.3 is 6.09 Å². The van der Waals surface area contributed by atoms with Crippen LogP contribution in [0.5, 0.6) is 0 Å². The van der Waals surface area contributed by atoms with E-state index >= 15 is 0 Å². The van der Waals surface area contributed by atoms with E-state index in [1.807, 2.05) is 0 Å². The van der Waals surface area contributed by atoms with Crippen LogP contribution in [-0.4, -0.2) is 21.7 Å². The second-order valence-electron chi connectivity index (χ2n) is 5.54. The lowest BCUT2D eigenvalue weighted by atomic mass is 10.2. The summed E-state index contributed by atoms with van der Waals surface area (Å²) < 4.78 is 25.4. The Balaban J connectivity index is 1.53. The lowest BCUT2D eigenvalue weighted by Crippen LogP contribution is -2.13. The van der Waals surface area contributed by atoms with Crippen LogP contribution in [0.1, 0.15) is 28.8 Å². The van der Waals surface area contributed by atoms with Crippen LogP contribution < -0.4 is 5.32 Å². The molecule has 8 heteroatoms. The van der Waals surface area contributed by atoms with Crippen molar-refractivity contribution in [3.8, 4) is 0 Å². The third-order valence-electron chi connectivity index (χ3n) is 3.52. The van der Waals surface area contributed by atoms with Crippen molar-refractivity contribution in [2.24, 2.45) is 0 Å². The predicted octanol–water partition coefficient (Wildman–Crippen LogP) is 3.61. The molecule has 7 nitrogen and oxygen atoms in total. The topological polar surface area (TPSA) is 86.4 Å². The Morgan fingerprint density at radius 1 is 1.27 bits per heavy atom. The second-order valence-corrected chi connectivity index (χ2v) is 5.54. The van der Waals surface area contributed by atoms with E-state index in [0.717, 1.165) is 0 Å². The molecule has 0 atom stereocenters. The molecular weight excluding hydrogens is 341 g/mol. The van der Waals surface area contributed by atoms with Crippen molar-refractivity contribution in [2.75, 3.05) is 5.32 Å². The first kappa shape index (κ1) is 17.4. The number of anilines is 1. The number of nitrogens with zero attached hydrogens (tertiary/aromatic N) is 2. The summed E-state index contributed by atoms with van der Waals surface area (Å²) in [5, 5.41) is 6.60. The van der Waals surface area contributed by atoms with Crippen LogP contribution >= 0.6 is 0 Å². The molecule has 0 bridgehead atoms. The number of furan rings is 1. The van der Waals surface area contributed by atoms with Crippen LogP contribution in [0.3, 0.4) is 0 Å². The third-order valence-corrected chi connectivity index (χ3v) is 3.52. The minimum Gasteiger partial charge on any atom is -0.456 e. The SMILES string of the molecule is CC(=O)c1ccc(Cn2cc(NC(=O)OCc3ccccc3F)cn2)o1. The highest BCUT2D eigenvalue weighted by atomic mass is 19.1. The highest BCUT2D eigenvalue weighted by Crippen LogP contribution is 2.13. The number of halogens is 1. The van der Waals surface area contributed by atoms with Gasteiger partial charge in [-0.2, -0.15) is 5.10 Å². The maximum Gasteiger partial charge on any atom is 0.412 e. The molecular formula is C18H16FN3O4. The molecule has 1 amide bonds. The Morgan fingerprint density at radius 3 is 2.81 bits per heavy atom. The number of amides is 1. The minimum absolute atomic E-state index is 0.156. The molecule has 0 saturated heterocycles. The molecule has 0 spiro atoms. The number of hydrogen-bond acceptors (Lipinski definition) is 5. The predicted molar refractivity (Wildman–Crippen MR) is 90.2 cm³/mol. The van der Waals surface area contributed by atoms with E-state index < -0.39 is 11.9 Å². The average molecular weight is 357 g/mol. The summed E-state index contributed by atoms with van der Waals surface area (Å²) in [6, 6.07) is 9.35. The maximum absolute atomic E-state index is 13.5. The van der Waals surface area contributed by atoms with E-state index in [-0.39, 0.29) is 23.7 Å². The normalized spacial score (nSPS) is 10.5. The Bertz CT molecular complexity index is 932. The number of hydrogen-bond donors (Lipinski definition) is 1. The van der Waals surface area contributed by atoms with Gasteiger partial charge in [0.2, 0.25) is 0 Å². The quantitative estimate of drug-likeness (QED) is 0.681. The molecule has 2 aromatic heterocycles. The summed E-state index contributed by atoms with van der Waals surface area (Å²) in [6.45, 7) is 1.55. The van der Waals surface area contributed by atoms with Gasteiger partial charge in [-0.3, -0.25) is 14.8 Å². The van der Waals surface area contributed by atoms with E-state index in [2.05, 4.69) is 10.4 Å². The first-order valence-electron chi connectivity index (χ1n) is 7.80. The summed E-state index contributed by atoms with van der Waals surface area (Å²) >= 11 is 0. The standard InChI is InChI=1S/C18H16FN3O4/c1-12(23)17-7-6-15(26-17)10-22-9-14(8-20-22)21-18(24)25-11-13-4-2-3-5-16(13)19/h2-9H,10-11H2,1H3,(H,21,24). The van der Waals surface area contributed by atoms with Crippen molar-refractivity contribution in [2.45, 2.75) is 20.1 Å². The number of carbonyl (C=O) groups is 2. The molecule has 0 aliphatic carbocycles. The number of carbonyl (C=O) groups excluding carboxylic acids is 2. The van der Waals surface area contributed by atoms with Gasteiger partial charge in [0.15, 0.2) is 11.5 Å². The number of benzene rings is 1. The Morgan fingerprint density at radius 2 is 2.08 bits per heavy atom. The van der Waals surface area contributed by atoms with Crippen molar-refractivity contribution >= 4 is 17.6 Å². The molecule has 0 radical (unpaired) electrons. The molecule has 1 aromatic carbocycles. The van der Waals surface area contributed by atoms with Crippen LogP contribution in [0, 0.1) is 5.82 Å². The van der Waals surface area contributed by atoms with Crippen molar-refractivity contribution in [1.29, 1.82) is 0 Å². The molecule has 1 N–H and O–H groups in total. The van der Waals surface area contributed by atoms with Gasteiger partial charge in [-0.25, -0.2) is 9.18 Å². The Hall–Kier alpha value is -3.42. The monoisotopic (exact) mass is 357 g/mol. The molecule has 0 saturated carbocycles. The average Bonchev–Trinajstić information content (AvgIpc) is 3.24. The summed E-state index contributed by atoms with van der Waals surface area (Å²) in [6.07, 6.45) is 2.31. The number of nitrogens with one attached hydrogen (secondary N) is 1. The van der Waals surface area contributed by atoms with Gasteiger partial charge in [0.05, 0.1) is 18.4 Å². The zero-order valence-electron chi connectivity index (χ0n) is 13.9. The number of aromatic nitrogens is 2. The van der Waals surface area contributed by atoms with E-state index in [1.54, 1.807) is 36.5 Å². The summed E-state index contributed by atoms with van der Waals surface area (Å²) in [5.74, 6) is 0.252. The van der Waals surface area contributed by atoms with Crippen LogP contribution in [0.25, 0.3) is 0 Å². The van der Waals surface area contributed by atoms with Crippen LogP contribution in [0.15, 0.2) is 53.2 Å². The number of ether oxygens (including phenoxy) is 1. The molecule has 0 aliphatic heterocycles. The Labute approximate surface area is 148 Å². The van der Waals surface area contributed by atoms with E-state index in [1.165, 1.54) is 23.9 Å². The fraction of sp³-hybridized carbons (Fsp3) is 0.167. The van der Waals surface area contributed by atoms with Gasteiger partial charge in [0.25, 0.3) is 0 Å². The zero-order valence-corrected chi connectivity index (χ0v) is 13.9. The lowest BCUT2D eigenvalue weighted by Gasteiger charge is -2.06. The third kappa shape index (κ3) is 4.35. The van der Waals surface area contributed by atoms with E-state index in [4.69, 9.17) is 9.15 Å². The molecule has 0 fully saturated rings. The van der Waals surface area contributed by atoms with Gasteiger partial charge in [0.1, 0.15) is 18.2 Å². The molecule has 134 valence electrons. The van der Waals surface area contributed by atoms with Gasteiger partial charge in [-0.05, 0) is 18.2 Å². The maximum atomic E-state index is 13.5. The van der Waals surface area contributed by atoms with Crippen LogP contribution in [0.2, 0.25) is 0 Å². The number of ketones is 1. The summed E-state index contributed by atoms with van der Waals surface area (Å²) in [4.78, 5) is 23.0. The first-order valence-corrected chi connectivity index (χ1v) is 7.80. The fourth-order valence-corrected chi connectivity index (χ4v) is 2.24. The van der Waals surface area contributed by atoms with Crippen LogP contribution in [0.4, 0.5) is 14.9 Å². The highest BCUT2D eigenvalue weighted by Gasteiger charge is 2.10. The summed E-state index contributed by atoms with van der Waals surface area (Å²) in [7, 11) is 0. The van der Waals surface area contributed by atoms with Gasteiger partial charge in [0, 0.05) is 18.7 Å². The van der Waals surface area contributed by atoms with Gasteiger partial charge < -0.3 is 9.15 Å². The number of rotatable bonds is 6. The lowest BCUT2D eigenvalue weighted by molar-refractivity contribution is 0.0985. The molecule has 26 heavy (non-hydrogen) atoms. The second kappa shape index (κ2) is 7.64. The van der Waals surface area contributed by atoms with Crippen molar-refractivity contribution in [1.82, 2.24) is 9.78 Å². The Kier molecular flexibility index (Phi) is 5.12. The first-order chi connectivity index (χ1) is 12.5. The molecule has 3 aromatic rings. The minimum atomic E-state index is -0.718. The molecule has 0 aliphatic rings. The van der Waals surface area contributed by atoms with E-state index in [0.29, 0.717) is 18.0 Å². The fourth-order valence-electron chi connectivity index (χ4n) is 2.24. The van der Waals surface area contributed by atoms with Crippen molar-refractivity contribution in [3.05, 3.63) is 71.7 Å². The van der Waals surface area contributed by atoms with Crippen LogP contribution in [-0.2, 0) is 17.9 Å². The molecule has 2 heterocycles. The van der Waals surface area contributed by atoms with E-state index in [9.17, 15) is 14.0 Å². The van der Waals surface area contributed by atoms with Crippen molar-refractivity contribution in [3.63, 3.8) is 0 Å². The van der Waals surface area contributed by atoms with Crippen molar-refractivity contribution < 1.29 is 23.1 Å². The van der Waals surface area contributed by atoms with Gasteiger partial charge in [-0.15, -0.1) is 0 Å². The van der Waals surface area contributed by atoms with Gasteiger partial charge in [-0.1, -0.05) is 18.2 Å². The largest absolute Gasteiger partial charge is 0.456 e. The highest BCUT2D eigenvalue weighted by molar-refractivity contribution is 5.91. The summed E-state index contributed by atoms with van der Waals surface area (Å²) in [5.41, 5.74) is 0.708. The smallest absolute Gasteiger partial charge is 0.412 e. The number of Topliss-reactive ketones (excluding diaryl/α,β-unsaturated/α-hetero) is 1. The molecule has 3 rings (SSSR count).